The molecule has 1 aromatic carbocycles. The third-order valence-electron chi connectivity index (χ3n) is 2.75. The molecule has 0 aliphatic carbocycles. The monoisotopic (exact) mass is 257 g/mol. The summed E-state index contributed by atoms with van der Waals surface area (Å²) < 4.78 is 31.2. The van der Waals surface area contributed by atoms with E-state index in [0.29, 0.717) is 19.8 Å². The molecule has 1 aliphatic heterocycles. The van der Waals surface area contributed by atoms with Crippen molar-refractivity contribution in [2.24, 2.45) is 0 Å². The molecule has 6 heteroatoms. The second-order valence-electron chi connectivity index (χ2n) is 4.03. The number of benzene rings is 1. The predicted octanol–water partition coefficient (Wildman–Crippen LogP) is 0.802. The van der Waals surface area contributed by atoms with Gasteiger partial charge in [-0.15, -0.1) is 0 Å². The van der Waals surface area contributed by atoms with Crippen molar-refractivity contribution >= 4 is 10.0 Å². The van der Waals surface area contributed by atoms with E-state index in [1.54, 1.807) is 0 Å². The van der Waals surface area contributed by atoms with Gasteiger partial charge in [0.15, 0.2) is 0 Å². The van der Waals surface area contributed by atoms with E-state index in [4.69, 9.17) is 9.84 Å². The van der Waals surface area contributed by atoms with Crippen molar-refractivity contribution in [1.29, 1.82) is 0 Å². The smallest absolute Gasteiger partial charge is 0.243 e. The third kappa shape index (κ3) is 2.43. The minimum absolute atomic E-state index is 0.0546. The van der Waals surface area contributed by atoms with Gasteiger partial charge in [-0.05, 0) is 31.2 Å². The van der Waals surface area contributed by atoms with Crippen LogP contribution in [0.15, 0.2) is 29.2 Å². The zero-order valence-electron chi connectivity index (χ0n) is 9.54. The number of aromatic hydroxyl groups is 1. The highest BCUT2D eigenvalue weighted by Crippen LogP contribution is 2.22. The van der Waals surface area contributed by atoms with Crippen LogP contribution in [0.25, 0.3) is 0 Å². The number of sulfonamides is 1. The van der Waals surface area contributed by atoms with Gasteiger partial charge in [-0.1, -0.05) is 0 Å². The number of hydrogen-bond donors (Lipinski definition) is 1. The van der Waals surface area contributed by atoms with Crippen molar-refractivity contribution in [2.75, 3.05) is 19.8 Å². The summed E-state index contributed by atoms with van der Waals surface area (Å²) in [4.78, 5) is 0.198. The molecule has 2 rings (SSSR count). The summed E-state index contributed by atoms with van der Waals surface area (Å²) in [5.74, 6) is 0.0546. The molecular formula is C11H15NO4S. The first kappa shape index (κ1) is 12.3. The van der Waals surface area contributed by atoms with Gasteiger partial charge in [0.2, 0.25) is 10.0 Å². The number of morpholine rings is 1. The molecule has 0 saturated carbocycles. The van der Waals surface area contributed by atoms with Crippen molar-refractivity contribution < 1.29 is 18.3 Å². The molecular weight excluding hydrogens is 242 g/mol. The van der Waals surface area contributed by atoms with Crippen molar-refractivity contribution in [3.05, 3.63) is 24.3 Å². The summed E-state index contributed by atoms with van der Waals surface area (Å²) in [6, 6.07) is 5.40. The first-order chi connectivity index (χ1) is 8.01. The molecule has 1 unspecified atom stereocenters. The zero-order valence-corrected chi connectivity index (χ0v) is 10.4. The quantitative estimate of drug-likeness (QED) is 0.851. The van der Waals surface area contributed by atoms with Crippen molar-refractivity contribution in [3.63, 3.8) is 0 Å². The van der Waals surface area contributed by atoms with E-state index in [-0.39, 0.29) is 16.7 Å². The molecule has 0 bridgehead atoms. The predicted molar refractivity (Wildman–Crippen MR) is 62.3 cm³/mol. The molecule has 5 nitrogen and oxygen atoms in total. The summed E-state index contributed by atoms with van der Waals surface area (Å²) in [6.07, 6.45) is 0. The highest BCUT2D eigenvalue weighted by molar-refractivity contribution is 7.89. The van der Waals surface area contributed by atoms with E-state index in [0.717, 1.165) is 0 Å². The van der Waals surface area contributed by atoms with E-state index < -0.39 is 10.0 Å². The maximum Gasteiger partial charge on any atom is 0.243 e. The Kier molecular flexibility index (Phi) is 3.37. The van der Waals surface area contributed by atoms with Crippen LogP contribution in [-0.2, 0) is 14.8 Å². The topological polar surface area (TPSA) is 66.8 Å². The van der Waals surface area contributed by atoms with Crippen LogP contribution in [0.4, 0.5) is 0 Å². The van der Waals surface area contributed by atoms with Crippen molar-refractivity contribution in [2.45, 2.75) is 17.9 Å². The number of rotatable bonds is 2. The Morgan fingerprint density at radius 3 is 2.59 bits per heavy atom. The van der Waals surface area contributed by atoms with E-state index in [1.807, 2.05) is 6.92 Å². The van der Waals surface area contributed by atoms with Gasteiger partial charge in [-0.3, -0.25) is 0 Å². The van der Waals surface area contributed by atoms with E-state index >= 15 is 0 Å². The largest absolute Gasteiger partial charge is 0.508 e. The molecule has 94 valence electrons. The lowest BCUT2D eigenvalue weighted by atomic mass is 10.3. The van der Waals surface area contributed by atoms with Gasteiger partial charge in [-0.25, -0.2) is 8.42 Å². The molecule has 17 heavy (non-hydrogen) atoms. The Hall–Kier alpha value is -1.11. The van der Waals surface area contributed by atoms with E-state index in [9.17, 15) is 8.42 Å². The Balaban J connectivity index is 2.32. The molecule has 0 spiro atoms. The Labute approximate surface area is 101 Å². The average molecular weight is 257 g/mol. The Morgan fingerprint density at radius 2 is 2.00 bits per heavy atom. The second kappa shape index (κ2) is 4.64. The zero-order chi connectivity index (χ0) is 12.5. The standard InChI is InChI=1S/C11H15NO4S/c1-9-8-16-7-6-12(9)17(14,15)11-4-2-10(13)3-5-11/h2-5,9,13H,6-8H2,1H3. The van der Waals surface area contributed by atoms with Gasteiger partial charge in [0.1, 0.15) is 5.75 Å². The van der Waals surface area contributed by atoms with Crippen molar-refractivity contribution in [3.8, 4) is 5.75 Å². The minimum atomic E-state index is -3.49. The SMILES string of the molecule is CC1COCCN1S(=O)(=O)c1ccc(O)cc1. The maximum absolute atomic E-state index is 12.3. The normalized spacial score (nSPS) is 22.5. The Morgan fingerprint density at radius 1 is 1.35 bits per heavy atom. The van der Waals surface area contributed by atoms with Gasteiger partial charge in [0.25, 0.3) is 0 Å². The summed E-state index contributed by atoms with van der Waals surface area (Å²) in [5, 5.41) is 9.16. The summed E-state index contributed by atoms with van der Waals surface area (Å²) in [6.45, 7) is 3.01. The van der Waals surface area contributed by atoms with Crippen LogP contribution in [0.1, 0.15) is 6.92 Å². The lowest BCUT2D eigenvalue weighted by molar-refractivity contribution is 0.0393. The van der Waals surface area contributed by atoms with Crippen LogP contribution in [0, 0.1) is 0 Å². The van der Waals surface area contributed by atoms with Crippen LogP contribution >= 0.6 is 0 Å². The molecule has 1 saturated heterocycles. The van der Waals surface area contributed by atoms with Gasteiger partial charge in [-0.2, -0.15) is 4.31 Å². The van der Waals surface area contributed by atoms with Gasteiger partial charge < -0.3 is 9.84 Å². The first-order valence-corrected chi connectivity index (χ1v) is 6.84. The van der Waals surface area contributed by atoms with Crippen LogP contribution in [0.3, 0.4) is 0 Å². The van der Waals surface area contributed by atoms with Crippen LogP contribution in [0.5, 0.6) is 5.75 Å². The number of phenolic OH excluding ortho intramolecular Hbond substituents is 1. The second-order valence-corrected chi connectivity index (χ2v) is 5.92. The summed E-state index contributed by atoms with van der Waals surface area (Å²) in [7, 11) is -3.49. The number of ether oxygens (including phenoxy) is 1. The molecule has 1 aromatic rings. The third-order valence-corrected chi connectivity index (χ3v) is 4.78. The van der Waals surface area contributed by atoms with Crippen LogP contribution in [0.2, 0.25) is 0 Å². The van der Waals surface area contributed by atoms with E-state index in [2.05, 4.69) is 0 Å². The maximum atomic E-state index is 12.3. The molecule has 0 amide bonds. The lowest BCUT2D eigenvalue weighted by Gasteiger charge is -2.32. The molecule has 1 fully saturated rings. The molecule has 0 aromatic heterocycles. The summed E-state index contributed by atoms with van der Waals surface area (Å²) in [5.41, 5.74) is 0. The molecule has 0 radical (unpaired) electrons. The minimum Gasteiger partial charge on any atom is -0.508 e. The fourth-order valence-corrected chi connectivity index (χ4v) is 3.42. The van der Waals surface area contributed by atoms with Gasteiger partial charge >= 0.3 is 0 Å². The average Bonchev–Trinajstić information content (AvgIpc) is 2.30. The molecule has 1 aliphatic rings. The molecule has 1 atom stereocenters. The fraction of sp³-hybridized carbons (Fsp3) is 0.455. The highest BCUT2D eigenvalue weighted by atomic mass is 32.2. The Bertz CT molecular complexity index is 483. The van der Waals surface area contributed by atoms with E-state index in [1.165, 1.54) is 28.6 Å². The highest BCUT2D eigenvalue weighted by Gasteiger charge is 2.31. The van der Waals surface area contributed by atoms with Crippen molar-refractivity contribution in [1.82, 2.24) is 4.31 Å². The molecule has 1 heterocycles. The number of hydrogen-bond acceptors (Lipinski definition) is 4. The van der Waals surface area contributed by atoms with Crippen LogP contribution < -0.4 is 0 Å². The summed E-state index contributed by atoms with van der Waals surface area (Å²) >= 11 is 0. The lowest BCUT2D eigenvalue weighted by Crippen LogP contribution is -2.46. The fourth-order valence-electron chi connectivity index (χ4n) is 1.82. The van der Waals surface area contributed by atoms with Gasteiger partial charge in [0.05, 0.1) is 18.1 Å². The number of phenols is 1. The number of nitrogens with zero attached hydrogens (tertiary/aromatic N) is 1. The first-order valence-electron chi connectivity index (χ1n) is 5.40. The van der Waals surface area contributed by atoms with Crippen LogP contribution in [-0.4, -0.2) is 43.6 Å². The molecule has 1 N–H and O–H groups in total. The van der Waals surface area contributed by atoms with Gasteiger partial charge in [0, 0.05) is 12.6 Å².